The maximum absolute atomic E-state index is 12.6. The Kier molecular flexibility index (Phi) is 6.05. The maximum atomic E-state index is 12.6. The Morgan fingerprint density at radius 1 is 0.769 bits per heavy atom. The summed E-state index contributed by atoms with van der Waals surface area (Å²) < 4.78 is 0. The summed E-state index contributed by atoms with van der Waals surface area (Å²) in [6, 6.07) is 18.4. The molecule has 136 valence electrons. The standard InChI is InChI=1S/C22H26N2O2/c1-2-21(25)23-13-6-14-24(16-15-23)22(26)17-18-9-11-20(12-10-18)19-7-4-3-5-8-19/h3-5,7-12H,2,6,13-17H2,1H3. The number of carbonyl (C=O) groups is 2. The second-order valence-corrected chi connectivity index (χ2v) is 6.71. The fourth-order valence-electron chi connectivity index (χ4n) is 3.37. The van der Waals surface area contributed by atoms with E-state index < -0.39 is 0 Å². The lowest BCUT2D eigenvalue weighted by Crippen LogP contribution is -2.37. The van der Waals surface area contributed by atoms with E-state index in [-0.39, 0.29) is 11.8 Å². The highest BCUT2D eigenvalue weighted by molar-refractivity contribution is 5.79. The van der Waals surface area contributed by atoms with E-state index in [1.54, 1.807) is 0 Å². The summed E-state index contributed by atoms with van der Waals surface area (Å²) in [5.41, 5.74) is 3.37. The van der Waals surface area contributed by atoms with Crippen LogP contribution in [0.3, 0.4) is 0 Å². The van der Waals surface area contributed by atoms with Gasteiger partial charge in [0.05, 0.1) is 6.42 Å². The van der Waals surface area contributed by atoms with E-state index in [2.05, 4.69) is 24.3 Å². The van der Waals surface area contributed by atoms with Crippen LogP contribution in [0.25, 0.3) is 11.1 Å². The fourth-order valence-corrected chi connectivity index (χ4v) is 3.37. The van der Waals surface area contributed by atoms with Gasteiger partial charge in [0.25, 0.3) is 0 Å². The largest absolute Gasteiger partial charge is 0.341 e. The number of hydrogen-bond donors (Lipinski definition) is 0. The molecule has 0 bridgehead atoms. The average molecular weight is 350 g/mol. The van der Waals surface area contributed by atoms with Crippen LogP contribution in [0.5, 0.6) is 0 Å². The van der Waals surface area contributed by atoms with Gasteiger partial charge in [0.2, 0.25) is 11.8 Å². The van der Waals surface area contributed by atoms with Crippen LogP contribution < -0.4 is 0 Å². The first kappa shape index (κ1) is 18.2. The van der Waals surface area contributed by atoms with Crippen molar-refractivity contribution < 1.29 is 9.59 Å². The van der Waals surface area contributed by atoms with Gasteiger partial charge in [-0.1, -0.05) is 61.5 Å². The van der Waals surface area contributed by atoms with E-state index in [4.69, 9.17) is 0 Å². The number of nitrogens with zero attached hydrogens (tertiary/aromatic N) is 2. The molecule has 0 radical (unpaired) electrons. The smallest absolute Gasteiger partial charge is 0.227 e. The van der Waals surface area contributed by atoms with Crippen LogP contribution in [-0.2, 0) is 16.0 Å². The van der Waals surface area contributed by atoms with Crippen molar-refractivity contribution in [3.05, 3.63) is 60.2 Å². The number of rotatable bonds is 4. The summed E-state index contributed by atoms with van der Waals surface area (Å²) in [5.74, 6) is 0.319. The van der Waals surface area contributed by atoms with Crippen molar-refractivity contribution in [3.63, 3.8) is 0 Å². The summed E-state index contributed by atoms with van der Waals surface area (Å²) in [6.45, 7) is 4.64. The molecule has 2 aromatic carbocycles. The zero-order chi connectivity index (χ0) is 18.4. The molecule has 1 fully saturated rings. The molecule has 1 heterocycles. The molecule has 2 aromatic rings. The Morgan fingerprint density at radius 3 is 1.96 bits per heavy atom. The predicted octanol–water partition coefficient (Wildman–Crippen LogP) is 3.37. The molecule has 3 rings (SSSR count). The van der Waals surface area contributed by atoms with Crippen molar-refractivity contribution >= 4 is 11.8 Å². The Bertz CT molecular complexity index is 740. The minimum Gasteiger partial charge on any atom is -0.341 e. The van der Waals surface area contributed by atoms with Crippen LogP contribution in [0.1, 0.15) is 25.3 Å². The number of carbonyl (C=O) groups excluding carboxylic acids is 2. The second kappa shape index (κ2) is 8.65. The van der Waals surface area contributed by atoms with E-state index in [9.17, 15) is 9.59 Å². The van der Waals surface area contributed by atoms with Crippen LogP contribution in [-0.4, -0.2) is 47.8 Å². The third-order valence-electron chi connectivity index (χ3n) is 4.92. The van der Waals surface area contributed by atoms with E-state index in [0.29, 0.717) is 25.9 Å². The summed E-state index contributed by atoms with van der Waals surface area (Å²) in [5, 5.41) is 0. The van der Waals surface area contributed by atoms with E-state index in [0.717, 1.165) is 30.6 Å². The number of amides is 2. The number of hydrogen-bond acceptors (Lipinski definition) is 2. The van der Waals surface area contributed by atoms with Gasteiger partial charge in [-0.05, 0) is 23.1 Å². The van der Waals surface area contributed by atoms with Crippen molar-refractivity contribution in [2.75, 3.05) is 26.2 Å². The minimum atomic E-state index is 0.142. The summed E-state index contributed by atoms with van der Waals surface area (Å²) in [7, 11) is 0. The highest BCUT2D eigenvalue weighted by Crippen LogP contribution is 2.19. The normalized spacial score (nSPS) is 14.8. The maximum Gasteiger partial charge on any atom is 0.227 e. The van der Waals surface area contributed by atoms with E-state index in [1.807, 2.05) is 47.1 Å². The molecule has 0 N–H and O–H groups in total. The van der Waals surface area contributed by atoms with Gasteiger partial charge in [-0.25, -0.2) is 0 Å². The predicted molar refractivity (Wildman–Crippen MR) is 104 cm³/mol. The molecular weight excluding hydrogens is 324 g/mol. The molecule has 0 aromatic heterocycles. The Hall–Kier alpha value is -2.62. The first-order valence-electron chi connectivity index (χ1n) is 9.37. The molecule has 0 atom stereocenters. The molecule has 4 heteroatoms. The van der Waals surface area contributed by atoms with Crippen LogP contribution in [0, 0.1) is 0 Å². The number of benzene rings is 2. The lowest BCUT2D eigenvalue weighted by molar-refractivity contribution is -0.133. The van der Waals surface area contributed by atoms with E-state index >= 15 is 0 Å². The van der Waals surface area contributed by atoms with Gasteiger partial charge in [0.15, 0.2) is 0 Å². The first-order chi connectivity index (χ1) is 12.7. The van der Waals surface area contributed by atoms with Gasteiger partial charge in [-0.3, -0.25) is 9.59 Å². The minimum absolute atomic E-state index is 0.142. The molecule has 0 unspecified atom stereocenters. The molecule has 1 saturated heterocycles. The van der Waals surface area contributed by atoms with Crippen LogP contribution in [0.4, 0.5) is 0 Å². The molecule has 1 aliphatic rings. The molecular formula is C22H26N2O2. The van der Waals surface area contributed by atoms with Crippen LogP contribution in [0.2, 0.25) is 0 Å². The summed E-state index contributed by atoms with van der Waals surface area (Å²) >= 11 is 0. The molecule has 26 heavy (non-hydrogen) atoms. The second-order valence-electron chi connectivity index (χ2n) is 6.71. The van der Waals surface area contributed by atoms with Crippen molar-refractivity contribution in [1.29, 1.82) is 0 Å². The highest BCUT2D eigenvalue weighted by Gasteiger charge is 2.21. The third-order valence-corrected chi connectivity index (χ3v) is 4.92. The van der Waals surface area contributed by atoms with Gasteiger partial charge in [0, 0.05) is 32.6 Å². The van der Waals surface area contributed by atoms with Gasteiger partial charge >= 0.3 is 0 Å². The Balaban J connectivity index is 1.58. The van der Waals surface area contributed by atoms with Crippen molar-refractivity contribution in [3.8, 4) is 11.1 Å². The quantitative estimate of drug-likeness (QED) is 0.848. The summed E-state index contributed by atoms with van der Waals surface area (Å²) in [4.78, 5) is 28.3. The van der Waals surface area contributed by atoms with Gasteiger partial charge < -0.3 is 9.80 Å². The summed E-state index contributed by atoms with van der Waals surface area (Å²) in [6.07, 6.45) is 1.79. The van der Waals surface area contributed by atoms with Crippen LogP contribution in [0.15, 0.2) is 54.6 Å². The first-order valence-corrected chi connectivity index (χ1v) is 9.37. The lowest BCUT2D eigenvalue weighted by Gasteiger charge is -2.22. The van der Waals surface area contributed by atoms with Gasteiger partial charge in [-0.15, -0.1) is 0 Å². The van der Waals surface area contributed by atoms with Gasteiger partial charge in [-0.2, -0.15) is 0 Å². The van der Waals surface area contributed by atoms with Crippen molar-refractivity contribution in [1.82, 2.24) is 9.80 Å². The molecule has 0 aliphatic carbocycles. The fraction of sp³-hybridized carbons (Fsp3) is 0.364. The lowest BCUT2D eigenvalue weighted by atomic mass is 10.0. The Morgan fingerprint density at radius 2 is 1.35 bits per heavy atom. The van der Waals surface area contributed by atoms with Crippen molar-refractivity contribution in [2.24, 2.45) is 0 Å². The molecule has 0 spiro atoms. The average Bonchev–Trinajstić information content (AvgIpc) is 2.95. The zero-order valence-electron chi connectivity index (χ0n) is 15.4. The van der Waals surface area contributed by atoms with Crippen molar-refractivity contribution in [2.45, 2.75) is 26.2 Å². The molecule has 2 amide bonds. The molecule has 4 nitrogen and oxygen atoms in total. The monoisotopic (exact) mass is 350 g/mol. The van der Waals surface area contributed by atoms with E-state index in [1.165, 1.54) is 5.56 Å². The van der Waals surface area contributed by atoms with Gasteiger partial charge in [0.1, 0.15) is 0 Å². The zero-order valence-corrected chi connectivity index (χ0v) is 15.4. The Labute approximate surface area is 155 Å². The highest BCUT2D eigenvalue weighted by atomic mass is 16.2. The molecule has 0 saturated carbocycles. The SMILES string of the molecule is CCC(=O)N1CCCN(C(=O)Cc2ccc(-c3ccccc3)cc2)CC1. The third kappa shape index (κ3) is 4.51. The van der Waals surface area contributed by atoms with Crippen LogP contribution >= 0.6 is 0 Å². The molecule has 1 aliphatic heterocycles. The topological polar surface area (TPSA) is 40.6 Å².